The van der Waals surface area contributed by atoms with Crippen molar-refractivity contribution in [2.75, 3.05) is 6.61 Å². The lowest BCUT2D eigenvalue weighted by Crippen LogP contribution is -2.25. The highest BCUT2D eigenvalue weighted by atomic mass is 16.5. The third-order valence-corrected chi connectivity index (χ3v) is 5.95. The molecule has 1 unspecified atom stereocenters. The van der Waals surface area contributed by atoms with Gasteiger partial charge in [0.05, 0.1) is 12.2 Å². The summed E-state index contributed by atoms with van der Waals surface area (Å²) in [5.41, 5.74) is 1.94. The number of aromatic carboxylic acids is 1. The molecule has 3 aromatic rings. The fourth-order valence-corrected chi connectivity index (χ4v) is 3.93. The van der Waals surface area contributed by atoms with Crippen molar-refractivity contribution in [2.45, 2.75) is 59.1 Å². The number of ether oxygens (including phenoxy) is 1. The number of imidazole rings is 1. The largest absolute Gasteiger partial charge is 0.478 e. The molecule has 0 saturated heterocycles. The van der Waals surface area contributed by atoms with E-state index in [-0.39, 0.29) is 17.9 Å². The summed E-state index contributed by atoms with van der Waals surface area (Å²) >= 11 is 0. The Balaban J connectivity index is 2.05. The molecule has 0 saturated carbocycles. The van der Waals surface area contributed by atoms with E-state index in [2.05, 4.69) is 4.98 Å². The van der Waals surface area contributed by atoms with Gasteiger partial charge in [-0.1, -0.05) is 56.3 Å². The molecule has 0 bridgehead atoms. The van der Waals surface area contributed by atoms with Gasteiger partial charge in [0.1, 0.15) is 17.1 Å². The molecule has 1 aromatic heterocycles. The van der Waals surface area contributed by atoms with Crippen molar-refractivity contribution >= 4 is 11.9 Å². The van der Waals surface area contributed by atoms with Gasteiger partial charge in [-0.15, -0.1) is 0 Å². The first-order chi connectivity index (χ1) is 16.2. The summed E-state index contributed by atoms with van der Waals surface area (Å²) in [4.78, 5) is 29.2. The maximum absolute atomic E-state index is 12.9. The van der Waals surface area contributed by atoms with Gasteiger partial charge in [0, 0.05) is 13.0 Å². The first-order valence-corrected chi connectivity index (χ1v) is 11.6. The number of rotatable bonds is 10. The van der Waals surface area contributed by atoms with Gasteiger partial charge in [0.2, 0.25) is 0 Å². The number of hydrogen-bond donors (Lipinski definition) is 2. The summed E-state index contributed by atoms with van der Waals surface area (Å²) in [5, 5.41) is 20.5. The summed E-state index contributed by atoms with van der Waals surface area (Å²) in [6.07, 6.45) is 1.88. The summed E-state index contributed by atoms with van der Waals surface area (Å²) in [5.74, 6) is -0.764. The predicted molar refractivity (Wildman–Crippen MR) is 130 cm³/mol. The highest BCUT2D eigenvalue weighted by Gasteiger charge is 2.34. The van der Waals surface area contributed by atoms with Crippen molar-refractivity contribution in [1.82, 2.24) is 9.55 Å². The highest BCUT2D eigenvalue weighted by Crippen LogP contribution is 2.30. The van der Waals surface area contributed by atoms with E-state index in [9.17, 15) is 19.8 Å². The Hall–Kier alpha value is -3.45. The normalized spacial score (nSPS) is 12.9. The molecule has 3 rings (SSSR count). The fourth-order valence-electron chi connectivity index (χ4n) is 3.93. The number of nitrogens with zero attached hydrogens (tertiary/aromatic N) is 2. The van der Waals surface area contributed by atoms with Crippen molar-refractivity contribution in [1.29, 1.82) is 0 Å². The van der Waals surface area contributed by atoms with Crippen molar-refractivity contribution < 1.29 is 24.5 Å². The van der Waals surface area contributed by atoms with Crippen LogP contribution in [0.25, 0.3) is 11.1 Å². The minimum atomic E-state index is -1.26. The number of carbonyl (C=O) groups excluding carboxylic acids is 1. The third-order valence-electron chi connectivity index (χ3n) is 5.95. The molecule has 7 heteroatoms. The Bertz CT molecular complexity index is 1160. The van der Waals surface area contributed by atoms with E-state index in [1.165, 1.54) is 0 Å². The quantitative estimate of drug-likeness (QED) is 0.408. The molecule has 180 valence electrons. The van der Waals surface area contributed by atoms with Crippen LogP contribution >= 0.6 is 0 Å². The fraction of sp³-hybridized carbons (Fsp3) is 0.370. The monoisotopic (exact) mass is 464 g/mol. The molecule has 1 heterocycles. The van der Waals surface area contributed by atoms with Gasteiger partial charge in [-0.3, -0.25) is 0 Å². The van der Waals surface area contributed by atoms with Crippen LogP contribution in [0.4, 0.5) is 0 Å². The van der Waals surface area contributed by atoms with Crippen LogP contribution in [0.2, 0.25) is 0 Å². The Labute approximate surface area is 200 Å². The second kappa shape index (κ2) is 10.7. The maximum Gasteiger partial charge on any atom is 0.357 e. The molecule has 0 fully saturated rings. The molecule has 1 atom stereocenters. The molecule has 0 aliphatic carbocycles. The van der Waals surface area contributed by atoms with Gasteiger partial charge < -0.3 is 19.5 Å². The molecule has 0 aliphatic heterocycles. The SMILES string of the molecule is CCCc1nc(C(C)(O)CC)c(C(=O)OCC)n1Cc1ccc(-c2ccccc2C(=O)O)cc1. The number of esters is 1. The first-order valence-electron chi connectivity index (χ1n) is 11.6. The van der Waals surface area contributed by atoms with Crippen molar-refractivity contribution in [3.63, 3.8) is 0 Å². The minimum Gasteiger partial charge on any atom is -0.478 e. The molecule has 2 N–H and O–H groups in total. The van der Waals surface area contributed by atoms with E-state index in [1.54, 1.807) is 32.0 Å². The molecule has 34 heavy (non-hydrogen) atoms. The second-order valence-electron chi connectivity index (χ2n) is 8.46. The van der Waals surface area contributed by atoms with Crippen LogP contribution in [0, 0.1) is 0 Å². The molecule has 0 radical (unpaired) electrons. The van der Waals surface area contributed by atoms with Crippen LogP contribution < -0.4 is 0 Å². The molecule has 0 aliphatic rings. The molecule has 0 spiro atoms. The van der Waals surface area contributed by atoms with Crippen LogP contribution in [0.1, 0.15) is 78.5 Å². The van der Waals surface area contributed by atoms with Gasteiger partial charge in [-0.25, -0.2) is 14.6 Å². The summed E-state index contributed by atoms with van der Waals surface area (Å²) in [7, 11) is 0. The van der Waals surface area contributed by atoms with Gasteiger partial charge >= 0.3 is 11.9 Å². The number of carbonyl (C=O) groups is 2. The number of benzene rings is 2. The molecular weight excluding hydrogens is 432 g/mol. The summed E-state index contributed by atoms with van der Waals surface area (Å²) < 4.78 is 7.16. The lowest BCUT2D eigenvalue weighted by atomic mass is 9.97. The average molecular weight is 465 g/mol. The number of carboxylic acid groups (broad SMARTS) is 1. The van der Waals surface area contributed by atoms with Gasteiger partial charge in [-0.2, -0.15) is 0 Å². The lowest BCUT2D eigenvalue weighted by Gasteiger charge is -2.21. The standard InChI is InChI=1S/C27H32N2O5/c1-5-10-22-28-24(27(4,33)6-2)23(26(32)34-7-3)29(22)17-18-13-15-19(16-14-18)20-11-8-9-12-21(20)25(30)31/h8-9,11-16,33H,5-7,10,17H2,1-4H3,(H,30,31). The van der Waals surface area contributed by atoms with E-state index < -0.39 is 17.5 Å². The van der Waals surface area contributed by atoms with Crippen molar-refractivity contribution in [3.05, 3.63) is 76.9 Å². The van der Waals surface area contributed by atoms with Crippen LogP contribution in [-0.4, -0.2) is 38.3 Å². The number of aryl methyl sites for hydroxylation is 1. The van der Waals surface area contributed by atoms with Gasteiger partial charge in [0.15, 0.2) is 5.69 Å². The number of hydrogen-bond acceptors (Lipinski definition) is 5. The topological polar surface area (TPSA) is 102 Å². The number of aromatic nitrogens is 2. The summed E-state index contributed by atoms with van der Waals surface area (Å²) in [6, 6.07) is 14.5. The van der Waals surface area contributed by atoms with E-state index in [0.717, 1.165) is 23.4 Å². The highest BCUT2D eigenvalue weighted by molar-refractivity contribution is 5.96. The van der Waals surface area contributed by atoms with E-state index in [4.69, 9.17) is 4.74 Å². The summed E-state index contributed by atoms with van der Waals surface area (Å²) in [6.45, 7) is 7.88. The minimum absolute atomic E-state index is 0.221. The maximum atomic E-state index is 12.9. The zero-order valence-electron chi connectivity index (χ0n) is 20.2. The number of carboxylic acids is 1. The molecule has 0 amide bonds. The van der Waals surface area contributed by atoms with Crippen LogP contribution in [0.5, 0.6) is 0 Å². The van der Waals surface area contributed by atoms with Crippen LogP contribution in [-0.2, 0) is 23.3 Å². The molecular formula is C27H32N2O5. The van der Waals surface area contributed by atoms with E-state index in [1.807, 2.05) is 48.7 Å². The average Bonchev–Trinajstić information content (AvgIpc) is 3.19. The number of aliphatic hydroxyl groups is 1. The van der Waals surface area contributed by atoms with E-state index >= 15 is 0 Å². The Kier molecular flexibility index (Phi) is 7.89. The molecule has 2 aromatic carbocycles. The Morgan fingerprint density at radius 2 is 1.74 bits per heavy atom. The predicted octanol–water partition coefficient (Wildman–Crippen LogP) is 5.04. The van der Waals surface area contributed by atoms with Crippen molar-refractivity contribution in [3.8, 4) is 11.1 Å². The molecule has 7 nitrogen and oxygen atoms in total. The lowest BCUT2D eigenvalue weighted by molar-refractivity contribution is 0.0390. The van der Waals surface area contributed by atoms with Crippen LogP contribution in [0.3, 0.4) is 0 Å². The zero-order valence-corrected chi connectivity index (χ0v) is 20.2. The van der Waals surface area contributed by atoms with Gasteiger partial charge in [0.25, 0.3) is 0 Å². The first kappa shape index (κ1) is 25.2. The Morgan fingerprint density at radius 3 is 2.32 bits per heavy atom. The van der Waals surface area contributed by atoms with Gasteiger partial charge in [-0.05, 0) is 49.4 Å². The smallest absolute Gasteiger partial charge is 0.357 e. The second-order valence-corrected chi connectivity index (χ2v) is 8.46. The zero-order chi connectivity index (χ0) is 24.9. The van der Waals surface area contributed by atoms with Crippen molar-refractivity contribution in [2.24, 2.45) is 0 Å². The third kappa shape index (κ3) is 5.20. The van der Waals surface area contributed by atoms with E-state index in [0.29, 0.717) is 30.6 Å². The Morgan fingerprint density at radius 1 is 1.06 bits per heavy atom. The van der Waals surface area contributed by atoms with Crippen LogP contribution in [0.15, 0.2) is 48.5 Å².